The maximum atomic E-state index is 12.7. The number of anilines is 3. The number of rotatable bonds is 3. The van der Waals surface area contributed by atoms with Crippen LogP contribution in [0.5, 0.6) is 0 Å². The average molecular weight is 412 g/mol. The lowest BCUT2D eigenvalue weighted by molar-refractivity contribution is -0.122. The Morgan fingerprint density at radius 1 is 1.17 bits per heavy atom. The fourth-order valence-electron chi connectivity index (χ4n) is 4.02. The van der Waals surface area contributed by atoms with Crippen molar-refractivity contribution in [2.24, 2.45) is 5.92 Å². The minimum Gasteiger partial charge on any atom is -0.326 e. The van der Waals surface area contributed by atoms with Gasteiger partial charge in [-0.15, -0.1) is 0 Å². The molecule has 0 unspecified atom stereocenters. The second-order valence-corrected chi connectivity index (χ2v) is 8.02. The van der Waals surface area contributed by atoms with Crippen molar-refractivity contribution in [2.75, 3.05) is 28.2 Å². The fraction of sp³-hybridized carbons (Fsp3) is 0.318. The summed E-state index contributed by atoms with van der Waals surface area (Å²) < 4.78 is 0. The van der Waals surface area contributed by atoms with Crippen molar-refractivity contribution < 1.29 is 14.4 Å². The molecule has 0 aromatic heterocycles. The van der Waals surface area contributed by atoms with Crippen molar-refractivity contribution in [1.82, 2.24) is 0 Å². The predicted molar refractivity (Wildman–Crippen MR) is 113 cm³/mol. The zero-order valence-electron chi connectivity index (χ0n) is 16.4. The first kappa shape index (κ1) is 19.5. The molecule has 150 valence electrons. The van der Waals surface area contributed by atoms with E-state index >= 15 is 0 Å². The molecule has 0 spiro atoms. The third-order valence-electron chi connectivity index (χ3n) is 5.59. The zero-order chi connectivity index (χ0) is 20.7. The third-order valence-corrected chi connectivity index (χ3v) is 5.83. The van der Waals surface area contributed by atoms with Gasteiger partial charge in [0, 0.05) is 48.5 Å². The Hall–Kier alpha value is -2.86. The van der Waals surface area contributed by atoms with Gasteiger partial charge < -0.3 is 15.1 Å². The molecule has 2 aliphatic rings. The Labute approximate surface area is 174 Å². The van der Waals surface area contributed by atoms with Crippen molar-refractivity contribution in [3.8, 4) is 0 Å². The first-order valence-electron chi connectivity index (χ1n) is 9.62. The molecule has 2 aromatic rings. The molecule has 6 nitrogen and oxygen atoms in total. The van der Waals surface area contributed by atoms with E-state index in [1.807, 2.05) is 25.1 Å². The Kier molecular flexibility index (Phi) is 5.04. The normalized spacial score (nSPS) is 18.2. The van der Waals surface area contributed by atoms with E-state index in [0.717, 1.165) is 28.9 Å². The molecule has 7 heteroatoms. The Morgan fingerprint density at radius 3 is 2.69 bits per heavy atom. The topological polar surface area (TPSA) is 69.7 Å². The van der Waals surface area contributed by atoms with Crippen LogP contribution in [0.4, 0.5) is 17.1 Å². The lowest BCUT2D eigenvalue weighted by atomic mass is 10.1. The minimum atomic E-state index is -0.417. The van der Waals surface area contributed by atoms with Crippen molar-refractivity contribution in [3.05, 3.63) is 52.5 Å². The van der Waals surface area contributed by atoms with Crippen molar-refractivity contribution in [3.63, 3.8) is 0 Å². The minimum absolute atomic E-state index is 0.0166. The van der Waals surface area contributed by atoms with Crippen LogP contribution in [0.1, 0.15) is 24.5 Å². The molecular weight excluding hydrogens is 390 g/mol. The zero-order valence-corrected chi connectivity index (χ0v) is 17.1. The van der Waals surface area contributed by atoms with Crippen LogP contribution >= 0.6 is 11.6 Å². The van der Waals surface area contributed by atoms with Crippen molar-refractivity contribution >= 4 is 46.4 Å². The van der Waals surface area contributed by atoms with Crippen molar-refractivity contribution in [1.29, 1.82) is 0 Å². The van der Waals surface area contributed by atoms with E-state index in [9.17, 15) is 14.4 Å². The third kappa shape index (κ3) is 3.72. The maximum absolute atomic E-state index is 12.7. The van der Waals surface area contributed by atoms with Crippen LogP contribution in [0.3, 0.4) is 0 Å². The predicted octanol–water partition coefficient (Wildman–Crippen LogP) is 3.55. The van der Waals surface area contributed by atoms with Crippen LogP contribution in [0.25, 0.3) is 0 Å². The number of hydrogen-bond donors (Lipinski definition) is 1. The van der Waals surface area contributed by atoms with Gasteiger partial charge in [0.15, 0.2) is 0 Å². The molecule has 0 bridgehead atoms. The van der Waals surface area contributed by atoms with Gasteiger partial charge >= 0.3 is 0 Å². The highest BCUT2D eigenvalue weighted by atomic mass is 35.5. The molecule has 29 heavy (non-hydrogen) atoms. The van der Waals surface area contributed by atoms with Crippen LogP contribution in [0, 0.1) is 12.8 Å². The van der Waals surface area contributed by atoms with Crippen LogP contribution in [-0.2, 0) is 20.8 Å². The molecule has 3 amide bonds. The van der Waals surface area contributed by atoms with Gasteiger partial charge in [-0.2, -0.15) is 0 Å². The second kappa shape index (κ2) is 7.52. The number of nitrogens with zero attached hydrogens (tertiary/aromatic N) is 2. The average Bonchev–Trinajstić information content (AvgIpc) is 3.27. The number of fused-ring (bicyclic) bond motifs is 1. The van der Waals surface area contributed by atoms with Gasteiger partial charge in [-0.05, 0) is 60.9 Å². The maximum Gasteiger partial charge on any atom is 0.229 e. The fourth-order valence-corrected chi connectivity index (χ4v) is 4.24. The van der Waals surface area contributed by atoms with Crippen molar-refractivity contribution in [2.45, 2.75) is 26.7 Å². The number of nitrogens with one attached hydrogen (secondary N) is 1. The van der Waals surface area contributed by atoms with Gasteiger partial charge in [-0.25, -0.2) is 0 Å². The molecule has 4 rings (SSSR count). The summed E-state index contributed by atoms with van der Waals surface area (Å²) in [5, 5.41) is 3.52. The van der Waals surface area contributed by atoms with E-state index < -0.39 is 5.92 Å². The van der Waals surface area contributed by atoms with E-state index in [2.05, 4.69) is 5.32 Å². The first-order chi connectivity index (χ1) is 13.8. The number of benzene rings is 2. The molecule has 2 heterocycles. The number of carbonyl (C=O) groups is 3. The highest BCUT2D eigenvalue weighted by molar-refractivity contribution is 6.30. The standard InChI is InChI=1S/C22H22ClN3O3/c1-13-9-17(23)3-5-19(13)24-22(29)16-11-21(28)26(12-16)18-4-6-20-15(10-18)7-8-25(20)14(2)27/h3-6,9-10,16H,7-8,11-12H2,1-2H3,(H,24,29)/t16-/m0/s1. The molecule has 0 radical (unpaired) electrons. The summed E-state index contributed by atoms with van der Waals surface area (Å²) in [5.41, 5.74) is 4.31. The molecule has 1 N–H and O–H groups in total. The summed E-state index contributed by atoms with van der Waals surface area (Å²) in [7, 11) is 0. The smallest absolute Gasteiger partial charge is 0.229 e. The monoisotopic (exact) mass is 411 g/mol. The number of halogens is 1. The van der Waals surface area contributed by atoms with Crippen LogP contribution in [0.15, 0.2) is 36.4 Å². The van der Waals surface area contributed by atoms with Gasteiger partial charge in [0.05, 0.1) is 5.92 Å². The van der Waals surface area contributed by atoms with E-state index in [1.54, 1.807) is 34.9 Å². The molecule has 0 saturated carbocycles. The Bertz CT molecular complexity index is 1020. The van der Waals surface area contributed by atoms with E-state index in [-0.39, 0.29) is 24.1 Å². The summed E-state index contributed by atoms with van der Waals surface area (Å²) in [5.74, 6) is -0.642. The van der Waals surface area contributed by atoms with E-state index in [4.69, 9.17) is 11.6 Å². The summed E-state index contributed by atoms with van der Waals surface area (Å²) in [6.45, 7) is 4.43. The van der Waals surface area contributed by atoms with E-state index in [0.29, 0.717) is 23.8 Å². The Morgan fingerprint density at radius 2 is 1.97 bits per heavy atom. The molecule has 1 atom stereocenters. The first-order valence-corrected chi connectivity index (χ1v) is 9.99. The molecule has 2 aromatic carbocycles. The summed E-state index contributed by atoms with van der Waals surface area (Å²) >= 11 is 5.97. The molecule has 0 aliphatic carbocycles. The van der Waals surface area contributed by atoms with Crippen LogP contribution in [0.2, 0.25) is 5.02 Å². The Balaban J connectivity index is 1.48. The van der Waals surface area contributed by atoms with Gasteiger partial charge in [0.25, 0.3) is 0 Å². The van der Waals surface area contributed by atoms with E-state index in [1.165, 1.54) is 0 Å². The molecule has 2 aliphatic heterocycles. The number of aryl methyl sites for hydroxylation is 1. The van der Waals surface area contributed by atoms with Gasteiger partial charge in [0.1, 0.15) is 0 Å². The SMILES string of the molecule is CC(=O)N1CCc2cc(N3C[C@@H](C(=O)Nc4ccc(Cl)cc4C)CC3=O)ccc21. The summed E-state index contributed by atoms with van der Waals surface area (Å²) in [4.78, 5) is 40.4. The molecular formula is C22H22ClN3O3. The second-order valence-electron chi connectivity index (χ2n) is 7.59. The quantitative estimate of drug-likeness (QED) is 0.839. The number of amides is 3. The largest absolute Gasteiger partial charge is 0.326 e. The number of carbonyl (C=O) groups excluding carboxylic acids is 3. The lowest BCUT2D eigenvalue weighted by Gasteiger charge is -2.19. The summed E-state index contributed by atoms with van der Waals surface area (Å²) in [6.07, 6.45) is 0.944. The highest BCUT2D eigenvalue weighted by Gasteiger charge is 2.36. The van der Waals surface area contributed by atoms with Gasteiger partial charge in [0.2, 0.25) is 17.7 Å². The molecule has 1 saturated heterocycles. The van der Waals surface area contributed by atoms with Crippen LogP contribution < -0.4 is 15.1 Å². The van der Waals surface area contributed by atoms with Crippen LogP contribution in [-0.4, -0.2) is 30.8 Å². The number of hydrogen-bond acceptors (Lipinski definition) is 3. The molecule has 1 fully saturated rings. The highest BCUT2D eigenvalue weighted by Crippen LogP contribution is 2.34. The lowest BCUT2D eigenvalue weighted by Crippen LogP contribution is -2.28. The van der Waals surface area contributed by atoms with Gasteiger partial charge in [-0.3, -0.25) is 14.4 Å². The summed E-state index contributed by atoms with van der Waals surface area (Å²) in [6, 6.07) is 11.0. The van der Waals surface area contributed by atoms with Gasteiger partial charge in [-0.1, -0.05) is 11.6 Å².